The summed E-state index contributed by atoms with van der Waals surface area (Å²) in [5, 5.41) is 3.43. The van der Waals surface area contributed by atoms with Crippen LogP contribution in [-0.4, -0.2) is 18.0 Å². The zero-order valence-corrected chi connectivity index (χ0v) is 13.7. The highest BCUT2D eigenvalue weighted by Gasteiger charge is 2.25. The molecule has 1 aromatic carbocycles. The highest BCUT2D eigenvalue weighted by molar-refractivity contribution is 6.36. The van der Waals surface area contributed by atoms with Gasteiger partial charge in [-0.15, -0.1) is 0 Å². The molecule has 1 aliphatic rings. The van der Waals surface area contributed by atoms with Crippen molar-refractivity contribution < 1.29 is 14.3 Å². The summed E-state index contributed by atoms with van der Waals surface area (Å²) in [6.45, 7) is 1.54. The highest BCUT2D eigenvalue weighted by atomic mass is 35.5. The first-order valence-electron chi connectivity index (χ1n) is 7.09. The van der Waals surface area contributed by atoms with Gasteiger partial charge in [0, 0.05) is 5.02 Å². The summed E-state index contributed by atoms with van der Waals surface area (Å²) in [6.07, 6.45) is 5.41. The van der Waals surface area contributed by atoms with Crippen molar-refractivity contribution in [2.45, 2.75) is 32.3 Å². The van der Waals surface area contributed by atoms with Gasteiger partial charge in [-0.25, -0.2) is 0 Å². The second-order valence-corrected chi connectivity index (χ2v) is 6.02. The van der Waals surface area contributed by atoms with Crippen LogP contribution in [0.5, 0.6) is 0 Å². The number of anilines is 1. The molecule has 118 valence electrons. The van der Waals surface area contributed by atoms with Gasteiger partial charge in [0.1, 0.15) is 0 Å². The molecule has 2 rings (SSSR count). The van der Waals surface area contributed by atoms with Crippen molar-refractivity contribution in [3.63, 3.8) is 0 Å². The Kier molecular flexibility index (Phi) is 5.86. The lowest BCUT2D eigenvalue weighted by atomic mass is 9.95. The summed E-state index contributed by atoms with van der Waals surface area (Å²) >= 11 is 11.8. The van der Waals surface area contributed by atoms with Gasteiger partial charge in [-0.2, -0.15) is 0 Å². The number of esters is 1. The van der Waals surface area contributed by atoms with Gasteiger partial charge in [0.05, 0.1) is 16.6 Å². The summed E-state index contributed by atoms with van der Waals surface area (Å²) in [5.74, 6) is -0.933. The number of ether oxygens (including phenoxy) is 1. The number of allylic oxidation sites excluding steroid dienone is 2. The molecule has 0 saturated heterocycles. The number of halogens is 2. The maximum Gasteiger partial charge on any atom is 0.310 e. The van der Waals surface area contributed by atoms with Crippen LogP contribution in [0, 0.1) is 5.92 Å². The van der Waals surface area contributed by atoms with Gasteiger partial charge < -0.3 is 10.1 Å². The molecule has 0 fully saturated rings. The molecule has 22 heavy (non-hydrogen) atoms. The number of benzene rings is 1. The van der Waals surface area contributed by atoms with Crippen LogP contribution in [0.25, 0.3) is 0 Å². The monoisotopic (exact) mass is 341 g/mol. The minimum atomic E-state index is -0.884. The Balaban J connectivity index is 1.91. The average Bonchev–Trinajstić information content (AvgIpc) is 2.50. The lowest BCUT2D eigenvalue weighted by Gasteiger charge is -2.20. The second kappa shape index (κ2) is 7.65. The summed E-state index contributed by atoms with van der Waals surface area (Å²) in [4.78, 5) is 24.1. The maximum absolute atomic E-state index is 12.1. The van der Waals surface area contributed by atoms with E-state index in [1.54, 1.807) is 12.1 Å². The van der Waals surface area contributed by atoms with Crippen LogP contribution in [0.15, 0.2) is 30.4 Å². The van der Waals surface area contributed by atoms with Crippen LogP contribution in [0.3, 0.4) is 0 Å². The first-order valence-corrected chi connectivity index (χ1v) is 7.84. The first kappa shape index (κ1) is 16.8. The Morgan fingerprint density at radius 3 is 2.73 bits per heavy atom. The van der Waals surface area contributed by atoms with Gasteiger partial charge in [-0.05, 0) is 44.4 Å². The maximum atomic E-state index is 12.1. The van der Waals surface area contributed by atoms with Crippen molar-refractivity contribution in [3.8, 4) is 0 Å². The lowest BCUT2D eigenvalue weighted by molar-refractivity contribution is -0.157. The number of hydrogen-bond donors (Lipinski definition) is 1. The van der Waals surface area contributed by atoms with E-state index < -0.39 is 12.0 Å². The molecule has 1 aromatic rings. The van der Waals surface area contributed by atoms with Crippen LogP contribution < -0.4 is 5.32 Å². The van der Waals surface area contributed by atoms with E-state index in [4.69, 9.17) is 27.9 Å². The molecule has 2 atom stereocenters. The Hall–Kier alpha value is -1.52. The van der Waals surface area contributed by atoms with Crippen molar-refractivity contribution in [2.75, 3.05) is 5.32 Å². The van der Waals surface area contributed by atoms with E-state index in [9.17, 15) is 9.59 Å². The van der Waals surface area contributed by atoms with Gasteiger partial charge >= 0.3 is 5.97 Å². The Bertz CT molecular complexity index is 601. The number of carbonyl (C=O) groups is 2. The number of carbonyl (C=O) groups excluding carboxylic acids is 2. The average molecular weight is 342 g/mol. The highest BCUT2D eigenvalue weighted by Crippen LogP contribution is 2.26. The standard InChI is InChI=1S/C16H17Cl2NO3/c1-10(22-16(21)11-5-3-2-4-6-11)15(20)19-14-8-7-12(17)9-13(14)18/h2-3,7-11H,4-6H2,1H3,(H,19,20)/t10-,11+/m1/s1. The summed E-state index contributed by atoms with van der Waals surface area (Å²) in [6, 6.07) is 4.75. The SMILES string of the molecule is C[C@@H](OC(=O)[C@H]1CC=CCC1)C(=O)Nc1ccc(Cl)cc1Cl. The minimum Gasteiger partial charge on any atom is -0.452 e. The van der Waals surface area contributed by atoms with E-state index in [0.717, 1.165) is 12.8 Å². The summed E-state index contributed by atoms with van der Waals surface area (Å²) in [7, 11) is 0. The van der Waals surface area contributed by atoms with E-state index >= 15 is 0 Å². The van der Waals surface area contributed by atoms with Crippen LogP contribution in [0.1, 0.15) is 26.2 Å². The normalized spacial score (nSPS) is 18.6. The third-order valence-electron chi connectivity index (χ3n) is 3.45. The molecule has 1 amide bonds. The van der Waals surface area contributed by atoms with E-state index in [1.807, 2.05) is 12.2 Å². The molecule has 0 aromatic heterocycles. The fourth-order valence-electron chi connectivity index (χ4n) is 2.16. The quantitative estimate of drug-likeness (QED) is 0.658. The second-order valence-electron chi connectivity index (χ2n) is 5.17. The molecule has 0 radical (unpaired) electrons. The zero-order valence-electron chi connectivity index (χ0n) is 12.1. The smallest absolute Gasteiger partial charge is 0.310 e. The first-order chi connectivity index (χ1) is 10.5. The number of hydrogen-bond acceptors (Lipinski definition) is 3. The van der Waals surface area contributed by atoms with Gasteiger partial charge in [0.2, 0.25) is 0 Å². The van der Waals surface area contributed by atoms with Crippen molar-refractivity contribution in [2.24, 2.45) is 5.92 Å². The molecular formula is C16H17Cl2NO3. The molecule has 0 heterocycles. The third kappa shape index (κ3) is 4.49. The minimum absolute atomic E-state index is 0.167. The van der Waals surface area contributed by atoms with E-state index in [0.29, 0.717) is 22.2 Å². The summed E-state index contributed by atoms with van der Waals surface area (Å²) in [5.41, 5.74) is 0.430. The van der Waals surface area contributed by atoms with Crippen LogP contribution >= 0.6 is 23.2 Å². The largest absolute Gasteiger partial charge is 0.452 e. The molecule has 1 aliphatic carbocycles. The van der Waals surface area contributed by atoms with Crippen LogP contribution in [-0.2, 0) is 14.3 Å². The fourth-order valence-corrected chi connectivity index (χ4v) is 2.61. The third-order valence-corrected chi connectivity index (χ3v) is 4.00. The lowest BCUT2D eigenvalue weighted by Crippen LogP contribution is -2.32. The number of nitrogens with one attached hydrogen (secondary N) is 1. The van der Waals surface area contributed by atoms with E-state index in [-0.39, 0.29) is 11.9 Å². The molecule has 0 unspecified atom stereocenters. The van der Waals surface area contributed by atoms with Gasteiger partial charge in [0.25, 0.3) is 5.91 Å². The molecular weight excluding hydrogens is 325 g/mol. The molecule has 0 aliphatic heterocycles. The van der Waals surface area contributed by atoms with Gasteiger partial charge in [-0.1, -0.05) is 35.4 Å². The van der Waals surface area contributed by atoms with E-state index in [2.05, 4.69) is 5.32 Å². The Labute approximate surface area is 139 Å². The van der Waals surface area contributed by atoms with E-state index in [1.165, 1.54) is 13.0 Å². The topological polar surface area (TPSA) is 55.4 Å². The zero-order chi connectivity index (χ0) is 16.1. The molecule has 4 nitrogen and oxygen atoms in total. The predicted molar refractivity (Wildman–Crippen MR) is 87.1 cm³/mol. The molecule has 6 heteroatoms. The van der Waals surface area contributed by atoms with Crippen molar-refractivity contribution >= 4 is 40.8 Å². The molecule has 0 spiro atoms. The van der Waals surface area contributed by atoms with Crippen molar-refractivity contribution in [3.05, 3.63) is 40.4 Å². The molecule has 1 N–H and O–H groups in total. The van der Waals surface area contributed by atoms with Crippen molar-refractivity contribution in [1.82, 2.24) is 0 Å². The number of amides is 1. The van der Waals surface area contributed by atoms with Gasteiger partial charge in [0.15, 0.2) is 6.10 Å². The van der Waals surface area contributed by atoms with Crippen molar-refractivity contribution in [1.29, 1.82) is 0 Å². The predicted octanol–water partition coefficient (Wildman–Crippen LogP) is 4.22. The fraction of sp³-hybridized carbons (Fsp3) is 0.375. The number of rotatable bonds is 4. The van der Waals surface area contributed by atoms with Crippen LogP contribution in [0.4, 0.5) is 5.69 Å². The van der Waals surface area contributed by atoms with Gasteiger partial charge in [-0.3, -0.25) is 9.59 Å². The molecule has 0 saturated carbocycles. The van der Waals surface area contributed by atoms with Crippen LogP contribution in [0.2, 0.25) is 10.0 Å². The Morgan fingerprint density at radius 1 is 1.32 bits per heavy atom. The molecule has 0 bridgehead atoms. The summed E-state index contributed by atoms with van der Waals surface area (Å²) < 4.78 is 5.23. The Morgan fingerprint density at radius 2 is 2.09 bits per heavy atom.